The Balaban J connectivity index is 2.06. The van der Waals surface area contributed by atoms with Crippen molar-refractivity contribution >= 4 is 11.5 Å². The van der Waals surface area contributed by atoms with Gasteiger partial charge in [-0.3, -0.25) is 10.1 Å². The predicted molar refractivity (Wildman–Crippen MR) is 58.3 cm³/mol. The fourth-order valence-corrected chi connectivity index (χ4v) is 1.73. The number of nitro groups is 1. The summed E-state index contributed by atoms with van der Waals surface area (Å²) in [7, 11) is 0. The minimum absolute atomic E-state index is 0.0270. The molecular weight excluding hydrogens is 210 g/mol. The van der Waals surface area contributed by atoms with Crippen LogP contribution >= 0.6 is 0 Å². The molecule has 16 heavy (non-hydrogen) atoms. The van der Waals surface area contributed by atoms with E-state index in [0.717, 1.165) is 0 Å². The number of pyridine rings is 1. The lowest BCUT2D eigenvalue weighted by atomic mass is 9.89. The molecule has 1 aromatic heterocycles. The molecule has 0 bridgehead atoms. The fourth-order valence-electron chi connectivity index (χ4n) is 1.73. The smallest absolute Gasteiger partial charge is 0.290 e. The predicted octanol–water partition coefficient (Wildman–Crippen LogP) is 1.23. The van der Waals surface area contributed by atoms with Crippen LogP contribution in [0.15, 0.2) is 12.3 Å². The van der Waals surface area contributed by atoms with Crippen molar-refractivity contribution in [1.82, 2.24) is 4.98 Å². The average molecular weight is 223 g/mol. The van der Waals surface area contributed by atoms with Gasteiger partial charge in [0.1, 0.15) is 12.0 Å². The maximum absolute atomic E-state index is 10.6. The van der Waals surface area contributed by atoms with Gasteiger partial charge in [0.2, 0.25) is 0 Å². The number of nitrogens with zero attached hydrogens (tertiary/aromatic N) is 2. The molecule has 2 N–H and O–H groups in total. The van der Waals surface area contributed by atoms with Gasteiger partial charge in [0.25, 0.3) is 5.69 Å². The van der Waals surface area contributed by atoms with Crippen LogP contribution in [0.3, 0.4) is 0 Å². The summed E-state index contributed by atoms with van der Waals surface area (Å²) in [6.07, 6.45) is 2.44. The minimum atomic E-state index is -0.445. The molecule has 0 aromatic carbocycles. The molecule has 1 fully saturated rings. The average Bonchev–Trinajstić information content (AvgIpc) is 2.15. The first-order valence-electron chi connectivity index (χ1n) is 5.12. The minimum Gasteiger partial charge on any atom is -0.393 e. The van der Waals surface area contributed by atoms with Crippen molar-refractivity contribution in [2.45, 2.75) is 31.9 Å². The zero-order valence-corrected chi connectivity index (χ0v) is 8.88. The number of aliphatic hydroxyl groups excluding tert-OH is 1. The molecule has 0 atom stereocenters. The summed E-state index contributed by atoms with van der Waals surface area (Å²) in [5.41, 5.74) is 0.613. The van der Waals surface area contributed by atoms with Gasteiger partial charge in [0, 0.05) is 11.6 Å². The Morgan fingerprint density at radius 2 is 2.31 bits per heavy atom. The first kappa shape index (κ1) is 10.8. The van der Waals surface area contributed by atoms with Crippen molar-refractivity contribution in [2.75, 3.05) is 5.32 Å². The number of hydrogen-bond acceptors (Lipinski definition) is 5. The monoisotopic (exact) mass is 223 g/mol. The lowest BCUT2D eigenvalue weighted by molar-refractivity contribution is -0.385. The Labute approximate surface area is 92.5 Å². The van der Waals surface area contributed by atoms with Crippen LogP contribution in [0.4, 0.5) is 11.5 Å². The quantitative estimate of drug-likeness (QED) is 0.594. The van der Waals surface area contributed by atoms with E-state index in [-0.39, 0.29) is 17.8 Å². The highest BCUT2D eigenvalue weighted by Gasteiger charge is 2.27. The lowest BCUT2D eigenvalue weighted by Gasteiger charge is -2.32. The van der Waals surface area contributed by atoms with Crippen molar-refractivity contribution in [2.24, 2.45) is 0 Å². The van der Waals surface area contributed by atoms with Crippen LogP contribution < -0.4 is 5.32 Å². The molecule has 2 rings (SSSR count). The van der Waals surface area contributed by atoms with Crippen molar-refractivity contribution in [1.29, 1.82) is 0 Å². The molecular formula is C10H13N3O3. The van der Waals surface area contributed by atoms with Crippen LogP contribution in [0, 0.1) is 17.0 Å². The van der Waals surface area contributed by atoms with Gasteiger partial charge in [-0.25, -0.2) is 4.98 Å². The highest BCUT2D eigenvalue weighted by molar-refractivity contribution is 5.47. The molecule has 0 saturated heterocycles. The second-order valence-electron chi connectivity index (χ2n) is 4.08. The standard InChI is InChI=1S/C10H13N3O3/c1-6-2-10(11-5-9(6)13(15)16)12-7-3-8(14)4-7/h2,5,7-8,14H,3-4H2,1H3,(H,11,12). The molecule has 0 spiro atoms. The molecule has 6 nitrogen and oxygen atoms in total. The Morgan fingerprint density at radius 1 is 1.62 bits per heavy atom. The Hall–Kier alpha value is -1.69. The first-order chi connectivity index (χ1) is 7.56. The van der Waals surface area contributed by atoms with Gasteiger partial charge in [-0.15, -0.1) is 0 Å². The van der Waals surface area contributed by atoms with E-state index in [9.17, 15) is 10.1 Å². The summed E-state index contributed by atoms with van der Waals surface area (Å²) in [6.45, 7) is 1.68. The number of aromatic nitrogens is 1. The summed E-state index contributed by atoms with van der Waals surface area (Å²) >= 11 is 0. The maximum atomic E-state index is 10.6. The molecule has 0 aliphatic heterocycles. The van der Waals surface area contributed by atoms with Gasteiger partial charge in [-0.2, -0.15) is 0 Å². The molecule has 0 amide bonds. The third-order valence-electron chi connectivity index (χ3n) is 2.75. The van der Waals surface area contributed by atoms with E-state index in [1.807, 2.05) is 0 Å². The molecule has 86 valence electrons. The maximum Gasteiger partial charge on any atom is 0.290 e. The Bertz CT molecular complexity index is 416. The highest BCUT2D eigenvalue weighted by Crippen LogP contribution is 2.25. The third-order valence-corrected chi connectivity index (χ3v) is 2.75. The van der Waals surface area contributed by atoms with E-state index in [0.29, 0.717) is 24.2 Å². The number of aliphatic hydroxyl groups is 1. The summed E-state index contributed by atoms with van der Waals surface area (Å²) in [4.78, 5) is 14.1. The summed E-state index contributed by atoms with van der Waals surface area (Å²) in [5.74, 6) is 0.625. The summed E-state index contributed by atoms with van der Waals surface area (Å²) in [6, 6.07) is 1.88. The normalized spacial score (nSPS) is 23.6. The Kier molecular flexibility index (Phi) is 2.74. The van der Waals surface area contributed by atoms with Gasteiger partial charge in [-0.05, 0) is 25.8 Å². The zero-order valence-electron chi connectivity index (χ0n) is 8.88. The van der Waals surface area contributed by atoms with Crippen LogP contribution in [0.1, 0.15) is 18.4 Å². The number of nitrogens with one attached hydrogen (secondary N) is 1. The molecule has 1 aromatic rings. The molecule has 1 heterocycles. The topological polar surface area (TPSA) is 88.3 Å². The Morgan fingerprint density at radius 3 is 2.81 bits per heavy atom. The SMILES string of the molecule is Cc1cc(NC2CC(O)C2)ncc1[N+](=O)[O-]. The van der Waals surface area contributed by atoms with E-state index in [1.54, 1.807) is 13.0 Å². The molecule has 0 unspecified atom stereocenters. The third kappa shape index (κ3) is 2.11. The van der Waals surface area contributed by atoms with Crippen molar-refractivity contribution in [3.8, 4) is 0 Å². The highest BCUT2D eigenvalue weighted by atomic mass is 16.6. The van der Waals surface area contributed by atoms with Gasteiger partial charge in [-0.1, -0.05) is 0 Å². The van der Waals surface area contributed by atoms with Crippen molar-refractivity contribution < 1.29 is 10.0 Å². The van der Waals surface area contributed by atoms with Crippen LogP contribution in [0.25, 0.3) is 0 Å². The van der Waals surface area contributed by atoms with Crippen LogP contribution in [0.5, 0.6) is 0 Å². The molecule has 1 aliphatic rings. The molecule has 1 aliphatic carbocycles. The van der Waals surface area contributed by atoms with Gasteiger partial charge in [0.15, 0.2) is 0 Å². The van der Waals surface area contributed by atoms with E-state index >= 15 is 0 Å². The fraction of sp³-hybridized carbons (Fsp3) is 0.500. The summed E-state index contributed by atoms with van der Waals surface area (Å²) < 4.78 is 0. The molecule has 6 heteroatoms. The number of rotatable bonds is 3. The van der Waals surface area contributed by atoms with E-state index in [1.165, 1.54) is 6.20 Å². The molecule has 0 radical (unpaired) electrons. The van der Waals surface area contributed by atoms with E-state index < -0.39 is 4.92 Å². The summed E-state index contributed by atoms with van der Waals surface area (Å²) in [5, 5.41) is 22.8. The number of anilines is 1. The van der Waals surface area contributed by atoms with E-state index in [4.69, 9.17) is 5.11 Å². The first-order valence-corrected chi connectivity index (χ1v) is 5.12. The number of aryl methyl sites for hydroxylation is 1. The zero-order chi connectivity index (χ0) is 11.7. The van der Waals surface area contributed by atoms with Gasteiger partial charge >= 0.3 is 0 Å². The van der Waals surface area contributed by atoms with Crippen molar-refractivity contribution in [3.63, 3.8) is 0 Å². The lowest BCUT2D eigenvalue weighted by Crippen LogP contribution is -2.39. The van der Waals surface area contributed by atoms with Gasteiger partial charge in [0.05, 0.1) is 11.0 Å². The second-order valence-corrected chi connectivity index (χ2v) is 4.08. The van der Waals surface area contributed by atoms with Gasteiger partial charge < -0.3 is 10.4 Å². The van der Waals surface area contributed by atoms with Crippen LogP contribution in [-0.2, 0) is 0 Å². The molecule has 1 saturated carbocycles. The number of hydrogen-bond donors (Lipinski definition) is 2. The van der Waals surface area contributed by atoms with Crippen LogP contribution in [-0.4, -0.2) is 27.2 Å². The van der Waals surface area contributed by atoms with Crippen LogP contribution in [0.2, 0.25) is 0 Å². The second kappa shape index (κ2) is 4.05. The van der Waals surface area contributed by atoms with E-state index in [2.05, 4.69) is 10.3 Å². The van der Waals surface area contributed by atoms with Crippen molar-refractivity contribution in [3.05, 3.63) is 27.9 Å². The largest absolute Gasteiger partial charge is 0.393 e.